The molecule has 1 aromatic rings. The van der Waals surface area contributed by atoms with Gasteiger partial charge in [0.15, 0.2) is 0 Å². The Morgan fingerprint density at radius 1 is 1.53 bits per heavy atom. The lowest BCUT2D eigenvalue weighted by Crippen LogP contribution is -2.28. The van der Waals surface area contributed by atoms with Crippen LogP contribution in [0.15, 0.2) is 17.2 Å². The van der Waals surface area contributed by atoms with Crippen molar-refractivity contribution >= 4 is 27.4 Å². The highest BCUT2D eigenvalue weighted by molar-refractivity contribution is 7.89. The molecule has 0 spiro atoms. The van der Waals surface area contributed by atoms with Gasteiger partial charge in [-0.15, -0.1) is 0 Å². The zero-order chi connectivity index (χ0) is 14.5. The van der Waals surface area contributed by atoms with Gasteiger partial charge in [0.25, 0.3) is 0 Å². The van der Waals surface area contributed by atoms with Crippen molar-refractivity contribution < 1.29 is 13.2 Å². The van der Waals surface area contributed by atoms with Gasteiger partial charge >= 0.3 is 0 Å². The molecule has 0 aromatic carbocycles. The number of hydrogen-bond acceptors (Lipinski definition) is 5. The molecule has 1 heterocycles. The summed E-state index contributed by atoms with van der Waals surface area (Å²) >= 11 is 5.94. The van der Waals surface area contributed by atoms with Crippen molar-refractivity contribution in [1.29, 1.82) is 0 Å². The fourth-order valence-corrected chi connectivity index (χ4v) is 2.98. The summed E-state index contributed by atoms with van der Waals surface area (Å²) in [5.74, 6) is 0.447. The summed E-state index contributed by atoms with van der Waals surface area (Å²) in [4.78, 5) is 4.05. The molecular weight excluding hydrogens is 290 g/mol. The summed E-state index contributed by atoms with van der Waals surface area (Å²) in [6, 6.07) is 1.39. The minimum absolute atomic E-state index is 0.0800. The first-order valence-corrected chi connectivity index (χ1v) is 7.54. The number of rotatable bonds is 7. The molecule has 6 nitrogen and oxygen atoms in total. The molecule has 0 atom stereocenters. The standard InChI is InChI=1S/C11H18ClN3O3S/c1-13-11-10(12)7-9(8-14-11)19(16,17)15(2)5-4-6-18-3/h7-8H,4-6H2,1-3H3,(H,13,14). The average Bonchev–Trinajstić information content (AvgIpc) is 2.38. The zero-order valence-corrected chi connectivity index (χ0v) is 12.8. The third-order valence-electron chi connectivity index (χ3n) is 2.58. The lowest BCUT2D eigenvalue weighted by molar-refractivity contribution is 0.189. The molecular formula is C11H18ClN3O3S. The van der Waals surface area contributed by atoms with E-state index in [1.807, 2.05) is 0 Å². The largest absolute Gasteiger partial charge is 0.385 e. The molecule has 0 amide bonds. The third-order valence-corrected chi connectivity index (χ3v) is 4.69. The van der Waals surface area contributed by atoms with Crippen LogP contribution in [0.25, 0.3) is 0 Å². The fourth-order valence-electron chi connectivity index (χ4n) is 1.48. The second-order valence-corrected chi connectivity index (χ2v) is 6.38. The molecule has 108 valence electrons. The molecule has 0 aliphatic rings. The van der Waals surface area contributed by atoms with E-state index in [-0.39, 0.29) is 9.92 Å². The zero-order valence-electron chi connectivity index (χ0n) is 11.2. The topological polar surface area (TPSA) is 71.5 Å². The number of methoxy groups -OCH3 is 1. The summed E-state index contributed by atoms with van der Waals surface area (Å²) in [7, 11) is 1.20. The highest BCUT2D eigenvalue weighted by Gasteiger charge is 2.21. The summed E-state index contributed by atoms with van der Waals surface area (Å²) in [6.45, 7) is 0.888. The molecule has 0 unspecified atom stereocenters. The maximum atomic E-state index is 12.2. The molecule has 0 aliphatic carbocycles. The predicted octanol–water partition coefficient (Wildman–Crippen LogP) is 1.43. The Balaban J connectivity index is 2.90. The van der Waals surface area contributed by atoms with Crippen LogP contribution in [-0.2, 0) is 14.8 Å². The van der Waals surface area contributed by atoms with E-state index in [4.69, 9.17) is 16.3 Å². The molecule has 8 heteroatoms. The molecule has 0 radical (unpaired) electrons. The highest BCUT2D eigenvalue weighted by atomic mass is 35.5. The lowest BCUT2D eigenvalue weighted by atomic mass is 10.4. The molecule has 0 bridgehead atoms. The Morgan fingerprint density at radius 2 is 2.21 bits per heavy atom. The minimum Gasteiger partial charge on any atom is -0.385 e. The molecule has 1 aromatic heterocycles. The van der Waals surface area contributed by atoms with E-state index in [2.05, 4.69) is 10.3 Å². The summed E-state index contributed by atoms with van der Waals surface area (Å²) in [6.07, 6.45) is 1.92. The van der Waals surface area contributed by atoms with E-state index < -0.39 is 10.0 Å². The van der Waals surface area contributed by atoms with Crippen molar-refractivity contribution in [3.63, 3.8) is 0 Å². The first-order valence-electron chi connectivity index (χ1n) is 5.72. The van der Waals surface area contributed by atoms with Crippen LogP contribution in [0.4, 0.5) is 5.82 Å². The van der Waals surface area contributed by atoms with Gasteiger partial charge in [-0.3, -0.25) is 0 Å². The maximum absolute atomic E-state index is 12.2. The van der Waals surface area contributed by atoms with Crippen LogP contribution in [-0.4, -0.2) is 52.1 Å². The number of anilines is 1. The highest BCUT2D eigenvalue weighted by Crippen LogP contribution is 2.23. The quantitative estimate of drug-likeness (QED) is 0.772. The summed E-state index contributed by atoms with van der Waals surface area (Å²) < 4.78 is 30.6. The van der Waals surface area contributed by atoms with Gasteiger partial charge in [0.1, 0.15) is 10.7 Å². The molecule has 1 rings (SSSR count). The van der Waals surface area contributed by atoms with Gasteiger partial charge in [-0.1, -0.05) is 11.6 Å². The number of nitrogens with one attached hydrogen (secondary N) is 1. The summed E-state index contributed by atoms with van der Waals surface area (Å²) in [5.41, 5.74) is 0. The third kappa shape index (κ3) is 4.04. The van der Waals surface area contributed by atoms with Crippen LogP contribution < -0.4 is 5.32 Å². The second-order valence-electron chi connectivity index (χ2n) is 3.92. The Hall–Kier alpha value is -0.890. The Bertz CT molecular complexity index is 522. The van der Waals surface area contributed by atoms with Crippen molar-refractivity contribution in [2.24, 2.45) is 0 Å². The van der Waals surface area contributed by atoms with Gasteiger partial charge in [-0.25, -0.2) is 17.7 Å². The average molecular weight is 308 g/mol. The molecule has 0 saturated heterocycles. The normalized spacial score (nSPS) is 11.8. The van der Waals surface area contributed by atoms with Crippen molar-refractivity contribution in [1.82, 2.24) is 9.29 Å². The van der Waals surface area contributed by atoms with Crippen LogP contribution in [0.5, 0.6) is 0 Å². The molecule has 0 saturated carbocycles. The van der Waals surface area contributed by atoms with Gasteiger partial charge in [0, 0.05) is 40.6 Å². The predicted molar refractivity (Wildman–Crippen MR) is 75.1 cm³/mol. The Kier molecular flexibility index (Phi) is 5.99. The smallest absolute Gasteiger partial charge is 0.244 e. The van der Waals surface area contributed by atoms with Gasteiger partial charge in [-0.2, -0.15) is 0 Å². The summed E-state index contributed by atoms with van der Waals surface area (Å²) in [5, 5.41) is 3.05. The van der Waals surface area contributed by atoms with E-state index >= 15 is 0 Å². The Labute approximate surface area is 118 Å². The van der Waals surface area contributed by atoms with E-state index in [9.17, 15) is 8.42 Å². The minimum atomic E-state index is -3.56. The molecule has 1 N–H and O–H groups in total. The van der Waals surface area contributed by atoms with Crippen molar-refractivity contribution in [3.05, 3.63) is 17.3 Å². The van der Waals surface area contributed by atoms with E-state index in [1.54, 1.807) is 14.2 Å². The number of hydrogen-bond donors (Lipinski definition) is 1. The van der Waals surface area contributed by atoms with Gasteiger partial charge in [-0.05, 0) is 12.5 Å². The van der Waals surface area contributed by atoms with Gasteiger partial charge in [0.05, 0.1) is 5.02 Å². The van der Waals surface area contributed by atoms with Crippen LogP contribution in [0, 0.1) is 0 Å². The van der Waals surface area contributed by atoms with Gasteiger partial charge < -0.3 is 10.1 Å². The number of ether oxygens (including phenoxy) is 1. The van der Waals surface area contributed by atoms with Crippen LogP contribution in [0.2, 0.25) is 5.02 Å². The van der Waals surface area contributed by atoms with Crippen LogP contribution in [0.1, 0.15) is 6.42 Å². The van der Waals surface area contributed by atoms with Crippen molar-refractivity contribution in [2.45, 2.75) is 11.3 Å². The second kappa shape index (κ2) is 7.04. The Morgan fingerprint density at radius 3 is 2.74 bits per heavy atom. The molecule has 0 fully saturated rings. The first kappa shape index (κ1) is 16.2. The van der Waals surface area contributed by atoms with Gasteiger partial charge in [0.2, 0.25) is 10.0 Å². The van der Waals surface area contributed by atoms with Crippen LogP contribution in [0.3, 0.4) is 0 Å². The van der Waals surface area contributed by atoms with E-state index in [1.165, 1.54) is 23.6 Å². The number of aromatic nitrogens is 1. The van der Waals surface area contributed by atoms with E-state index in [0.29, 0.717) is 25.4 Å². The number of nitrogens with zero attached hydrogens (tertiary/aromatic N) is 2. The number of halogens is 1. The SMILES string of the molecule is CNc1ncc(S(=O)(=O)N(C)CCCOC)cc1Cl. The monoisotopic (exact) mass is 307 g/mol. The lowest BCUT2D eigenvalue weighted by Gasteiger charge is -2.17. The van der Waals surface area contributed by atoms with E-state index in [0.717, 1.165) is 0 Å². The molecule has 0 aliphatic heterocycles. The number of pyridine rings is 1. The van der Waals surface area contributed by atoms with Crippen LogP contribution >= 0.6 is 11.6 Å². The molecule has 19 heavy (non-hydrogen) atoms. The van der Waals surface area contributed by atoms with Crippen molar-refractivity contribution in [3.8, 4) is 0 Å². The van der Waals surface area contributed by atoms with Crippen molar-refractivity contribution in [2.75, 3.05) is 39.7 Å². The fraction of sp³-hybridized carbons (Fsp3) is 0.545. The maximum Gasteiger partial charge on any atom is 0.244 e. The first-order chi connectivity index (χ1) is 8.93. The number of sulfonamides is 1.